The summed E-state index contributed by atoms with van der Waals surface area (Å²) in [6.07, 6.45) is 6.40. The lowest BCUT2D eigenvalue weighted by Crippen LogP contribution is -3.19. The number of aliphatic hydroxyl groups excluding tert-OH is 1. The minimum atomic E-state index is -1.15. The van der Waals surface area contributed by atoms with Crippen LogP contribution in [-0.2, 0) is 4.79 Å². The summed E-state index contributed by atoms with van der Waals surface area (Å²) in [5, 5.41) is 27.0. The van der Waals surface area contributed by atoms with Gasteiger partial charge in [-0.05, 0) is 69.4 Å². The first-order valence-electron chi connectivity index (χ1n) is 11.8. The van der Waals surface area contributed by atoms with E-state index in [2.05, 4.69) is 10.3 Å². The van der Waals surface area contributed by atoms with Crippen LogP contribution in [0, 0.1) is 34.5 Å². The van der Waals surface area contributed by atoms with Gasteiger partial charge in [-0.15, -0.1) is 0 Å². The van der Waals surface area contributed by atoms with Gasteiger partial charge >= 0.3 is 0 Å². The Labute approximate surface area is 178 Å². The molecule has 166 valence electrons. The maximum atomic E-state index is 12.2. The van der Waals surface area contributed by atoms with E-state index in [1.54, 1.807) is 7.05 Å². The normalized spacial score (nSPS) is 47.6. The van der Waals surface area contributed by atoms with Crippen molar-refractivity contribution in [2.45, 2.75) is 51.0 Å². The highest BCUT2D eigenvalue weighted by Gasteiger charge is 2.77. The van der Waals surface area contributed by atoms with Gasteiger partial charge in [0, 0.05) is 29.9 Å². The van der Waals surface area contributed by atoms with Crippen LogP contribution in [0.2, 0.25) is 0 Å². The molecule has 1 aliphatic heterocycles. The second kappa shape index (κ2) is 7.04. The van der Waals surface area contributed by atoms with E-state index in [1.165, 1.54) is 4.90 Å². The van der Waals surface area contributed by atoms with Crippen LogP contribution >= 0.6 is 0 Å². The van der Waals surface area contributed by atoms with Crippen molar-refractivity contribution in [3.63, 3.8) is 0 Å². The highest BCUT2D eigenvalue weighted by Crippen LogP contribution is 2.79. The number of hydrogen-bond donors (Lipinski definition) is 4. The summed E-state index contributed by atoms with van der Waals surface area (Å²) in [6, 6.07) is 0. The van der Waals surface area contributed by atoms with Crippen LogP contribution in [0.3, 0.4) is 0 Å². The summed E-state index contributed by atoms with van der Waals surface area (Å²) in [7, 11) is 3.78. The molecule has 5 rings (SSSR count). The molecule has 0 aromatic rings. The number of piperidine rings is 1. The molecule has 1 heterocycles. The second-order valence-corrected chi connectivity index (χ2v) is 10.4. The summed E-state index contributed by atoms with van der Waals surface area (Å²) in [5.41, 5.74) is 7.39. The average Bonchev–Trinajstić information content (AvgIpc) is 3.04. The Bertz CT molecular complexity index is 810. The molecule has 4 fully saturated rings. The molecule has 5 aliphatic rings. The summed E-state index contributed by atoms with van der Waals surface area (Å²) < 4.78 is 0. The molecule has 3 saturated carbocycles. The minimum Gasteiger partial charge on any atom is -0.545 e. The second-order valence-electron chi connectivity index (χ2n) is 10.4. The number of quaternary nitrogens is 1. The van der Waals surface area contributed by atoms with Crippen molar-refractivity contribution in [3.05, 3.63) is 11.1 Å². The van der Waals surface area contributed by atoms with E-state index in [0.717, 1.165) is 70.2 Å². The zero-order valence-electron chi connectivity index (χ0n) is 18.2. The van der Waals surface area contributed by atoms with Crippen molar-refractivity contribution in [2.75, 3.05) is 33.7 Å². The molecule has 8 unspecified atom stereocenters. The number of guanidine groups is 1. The Hall–Kier alpha value is -1.44. The zero-order valence-corrected chi connectivity index (χ0v) is 18.2. The molecule has 7 nitrogen and oxygen atoms in total. The van der Waals surface area contributed by atoms with Crippen molar-refractivity contribution in [2.24, 2.45) is 45.2 Å². The van der Waals surface area contributed by atoms with Gasteiger partial charge < -0.3 is 26.1 Å². The number of carboxylic acid groups (broad SMARTS) is 1. The predicted octanol–water partition coefficient (Wildman–Crippen LogP) is -1.32. The van der Waals surface area contributed by atoms with Crippen LogP contribution in [0.4, 0.5) is 0 Å². The molecule has 2 bridgehead atoms. The topological polar surface area (TPSA) is 115 Å². The first kappa shape index (κ1) is 20.5. The van der Waals surface area contributed by atoms with Crippen LogP contribution in [0.5, 0.6) is 0 Å². The monoisotopic (exact) mass is 416 g/mol. The maximum absolute atomic E-state index is 12.2. The fourth-order valence-corrected chi connectivity index (χ4v) is 9.31. The minimum absolute atomic E-state index is 0.00273. The van der Waals surface area contributed by atoms with E-state index in [4.69, 9.17) is 5.73 Å². The molecule has 1 saturated heterocycles. The number of rotatable bonds is 3. The van der Waals surface area contributed by atoms with E-state index in [0.29, 0.717) is 23.7 Å². The number of carbonyl (C=O) groups excluding carboxylic acids is 1. The van der Waals surface area contributed by atoms with Crippen molar-refractivity contribution >= 4 is 11.9 Å². The van der Waals surface area contributed by atoms with Gasteiger partial charge in [0.1, 0.15) is 0 Å². The third-order valence-electron chi connectivity index (χ3n) is 9.91. The van der Waals surface area contributed by atoms with Gasteiger partial charge in [0.05, 0.1) is 25.2 Å². The number of nitrogens with zero attached hydrogens (tertiary/aromatic N) is 1. The van der Waals surface area contributed by atoms with Crippen LogP contribution in [-0.4, -0.2) is 56.9 Å². The molecule has 2 spiro atoms. The number of likely N-dealkylation sites (tertiary alicyclic amines) is 1. The Morgan fingerprint density at radius 3 is 2.77 bits per heavy atom. The Kier molecular flexibility index (Phi) is 4.80. The van der Waals surface area contributed by atoms with E-state index in [9.17, 15) is 15.0 Å². The molecule has 30 heavy (non-hydrogen) atoms. The molecule has 5 N–H and O–H groups in total. The Morgan fingerprint density at radius 1 is 1.30 bits per heavy atom. The van der Waals surface area contributed by atoms with Crippen LogP contribution < -0.4 is 21.1 Å². The van der Waals surface area contributed by atoms with E-state index in [1.807, 2.05) is 7.05 Å². The van der Waals surface area contributed by atoms with Gasteiger partial charge in [0.2, 0.25) is 0 Å². The number of aliphatic imine (C=N–C) groups is 1. The number of aliphatic carboxylic acids is 1. The molecule has 7 heteroatoms. The lowest BCUT2D eigenvalue weighted by Gasteiger charge is -2.64. The van der Waals surface area contributed by atoms with Crippen molar-refractivity contribution in [1.29, 1.82) is 0 Å². The van der Waals surface area contributed by atoms with Crippen LogP contribution in [0.1, 0.15) is 44.9 Å². The predicted molar refractivity (Wildman–Crippen MR) is 111 cm³/mol. The van der Waals surface area contributed by atoms with Gasteiger partial charge in [-0.1, -0.05) is 12.0 Å². The first-order valence-corrected chi connectivity index (χ1v) is 11.8. The molecular formula is C23H36N4O3. The molecule has 0 aromatic carbocycles. The quantitative estimate of drug-likeness (QED) is 0.336. The SMILES string of the molecule is CN=C(N)[NH+]1CCC(CNC)C2(C1)C1CCC3CCCC4C(O)C(C(=O)[O-])=C(C1)C342. The van der Waals surface area contributed by atoms with E-state index < -0.39 is 12.1 Å². The largest absolute Gasteiger partial charge is 0.545 e. The molecule has 8 atom stereocenters. The third-order valence-corrected chi connectivity index (χ3v) is 9.91. The standard InChI is InChI=1S/C23H36N4O3/c1-25-11-15-8-9-27(21(24)26-2)12-22(15)14-7-6-13-4-3-5-16-19(28)18(20(29)30)17(10-14)23(13,16)22/h13-16,19,25,28H,3-12H2,1-2H3,(H2,24,26)(H,29,30). The highest BCUT2D eigenvalue weighted by molar-refractivity contribution is 5.89. The van der Waals surface area contributed by atoms with E-state index >= 15 is 0 Å². The van der Waals surface area contributed by atoms with E-state index in [-0.39, 0.29) is 22.3 Å². The fraction of sp³-hybridized carbons (Fsp3) is 0.826. The van der Waals surface area contributed by atoms with Crippen molar-refractivity contribution in [1.82, 2.24) is 5.32 Å². The number of aliphatic hydroxyl groups is 1. The number of carboxylic acids is 1. The average molecular weight is 417 g/mol. The van der Waals surface area contributed by atoms with Gasteiger partial charge in [0.25, 0.3) is 5.96 Å². The lowest BCUT2D eigenvalue weighted by molar-refractivity contribution is -0.829. The van der Waals surface area contributed by atoms with Crippen LogP contribution in [0.25, 0.3) is 0 Å². The lowest BCUT2D eigenvalue weighted by atomic mass is 9.40. The zero-order chi connectivity index (χ0) is 21.3. The summed E-state index contributed by atoms with van der Waals surface area (Å²) in [4.78, 5) is 17.8. The molecular weight excluding hydrogens is 380 g/mol. The summed E-state index contributed by atoms with van der Waals surface area (Å²) in [5.74, 6) is 0.869. The number of nitrogens with one attached hydrogen (secondary N) is 2. The van der Waals surface area contributed by atoms with Crippen molar-refractivity contribution in [3.8, 4) is 0 Å². The molecule has 0 aromatic heterocycles. The van der Waals surface area contributed by atoms with Gasteiger partial charge in [-0.2, -0.15) is 0 Å². The first-order chi connectivity index (χ1) is 14.4. The van der Waals surface area contributed by atoms with Crippen LogP contribution in [0.15, 0.2) is 16.1 Å². The van der Waals surface area contributed by atoms with Gasteiger partial charge in [0.15, 0.2) is 0 Å². The van der Waals surface area contributed by atoms with Crippen molar-refractivity contribution < 1.29 is 19.9 Å². The number of nitrogens with two attached hydrogens (primary N) is 1. The smallest absolute Gasteiger partial charge is 0.293 e. The number of allylic oxidation sites excluding steroid dienone is 1. The summed E-state index contributed by atoms with van der Waals surface area (Å²) in [6.45, 7) is 2.79. The Morgan fingerprint density at radius 2 is 2.07 bits per heavy atom. The number of carbonyl (C=O) groups is 1. The molecule has 4 aliphatic carbocycles. The highest BCUT2D eigenvalue weighted by atomic mass is 16.4. The Balaban J connectivity index is 1.75. The molecule has 0 radical (unpaired) electrons. The van der Waals surface area contributed by atoms with Gasteiger partial charge in [-0.3, -0.25) is 4.90 Å². The van der Waals surface area contributed by atoms with Gasteiger partial charge in [-0.25, -0.2) is 4.99 Å². The molecule has 0 amide bonds. The number of hydrogen-bond acceptors (Lipinski definition) is 5. The summed E-state index contributed by atoms with van der Waals surface area (Å²) >= 11 is 0. The fourth-order valence-electron chi connectivity index (χ4n) is 9.31. The third kappa shape index (κ3) is 2.26. The maximum Gasteiger partial charge on any atom is 0.293 e.